The van der Waals surface area contributed by atoms with Crippen LogP contribution in [0.2, 0.25) is 5.02 Å². The van der Waals surface area contributed by atoms with E-state index in [0.717, 1.165) is 10.0 Å². The molecular weight excluding hydrogens is 342 g/mol. The monoisotopic (exact) mass is 353 g/mol. The second-order valence-corrected chi connectivity index (χ2v) is 5.57. The molecule has 0 aliphatic heterocycles. The highest BCUT2D eigenvalue weighted by atomic mass is 79.9. The first kappa shape index (κ1) is 14.9. The lowest BCUT2D eigenvalue weighted by atomic mass is 10.2. The number of amides is 1. The molecule has 3 nitrogen and oxygen atoms in total. The number of benzene rings is 2. The summed E-state index contributed by atoms with van der Waals surface area (Å²) in [5, 5.41) is 3.29. The zero-order valence-electron chi connectivity index (χ0n) is 10.8. The van der Waals surface area contributed by atoms with Gasteiger partial charge in [-0.25, -0.2) is 0 Å². The zero-order chi connectivity index (χ0) is 14.5. The zero-order valence-corrected chi connectivity index (χ0v) is 13.2. The Kier molecular flexibility index (Phi) is 5.04. The third-order valence-electron chi connectivity index (χ3n) is 2.55. The van der Waals surface area contributed by atoms with Crippen LogP contribution < -0.4 is 10.1 Å². The Bertz CT molecular complexity index is 631. The second-order valence-electron chi connectivity index (χ2n) is 4.28. The summed E-state index contributed by atoms with van der Waals surface area (Å²) in [5.74, 6) is 0.400. The fourth-order valence-electron chi connectivity index (χ4n) is 1.63. The number of halogens is 2. The van der Waals surface area contributed by atoms with Gasteiger partial charge in [0.1, 0.15) is 5.75 Å². The molecule has 0 aliphatic carbocycles. The number of hydrogen-bond donors (Lipinski definition) is 1. The number of nitrogens with one attached hydrogen (secondary N) is 1. The number of carbonyl (C=O) groups is 1. The van der Waals surface area contributed by atoms with Crippen LogP contribution in [-0.2, 0) is 4.79 Å². The summed E-state index contributed by atoms with van der Waals surface area (Å²) in [7, 11) is 0. The van der Waals surface area contributed by atoms with E-state index in [0.29, 0.717) is 16.5 Å². The van der Waals surface area contributed by atoms with E-state index >= 15 is 0 Å². The molecule has 0 bridgehead atoms. The summed E-state index contributed by atoms with van der Waals surface area (Å²) in [6, 6.07) is 12.7. The minimum absolute atomic E-state index is 0.0613. The average molecular weight is 355 g/mol. The highest BCUT2D eigenvalue weighted by Gasteiger charge is 2.06. The van der Waals surface area contributed by atoms with Crippen molar-refractivity contribution in [3.8, 4) is 5.75 Å². The maximum absolute atomic E-state index is 11.8. The van der Waals surface area contributed by atoms with Gasteiger partial charge in [-0.2, -0.15) is 0 Å². The van der Waals surface area contributed by atoms with Crippen LogP contribution in [0.5, 0.6) is 5.75 Å². The van der Waals surface area contributed by atoms with E-state index in [-0.39, 0.29) is 12.5 Å². The molecule has 2 aromatic rings. The van der Waals surface area contributed by atoms with Gasteiger partial charge in [-0.15, -0.1) is 0 Å². The van der Waals surface area contributed by atoms with Crippen LogP contribution in [-0.4, -0.2) is 12.5 Å². The van der Waals surface area contributed by atoms with Gasteiger partial charge >= 0.3 is 0 Å². The van der Waals surface area contributed by atoms with E-state index in [1.807, 2.05) is 25.1 Å². The Morgan fingerprint density at radius 2 is 2.10 bits per heavy atom. The van der Waals surface area contributed by atoms with Crippen molar-refractivity contribution < 1.29 is 9.53 Å². The summed E-state index contributed by atoms with van der Waals surface area (Å²) < 4.78 is 6.29. The lowest BCUT2D eigenvalue weighted by Crippen LogP contribution is -2.20. The molecular formula is C15H13BrClNO2. The van der Waals surface area contributed by atoms with Gasteiger partial charge in [0, 0.05) is 10.7 Å². The fraction of sp³-hybridized carbons (Fsp3) is 0.133. The van der Waals surface area contributed by atoms with Gasteiger partial charge in [0.05, 0.1) is 4.47 Å². The highest BCUT2D eigenvalue weighted by Crippen LogP contribution is 2.25. The van der Waals surface area contributed by atoms with Gasteiger partial charge < -0.3 is 10.1 Å². The van der Waals surface area contributed by atoms with Crippen molar-refractivity contribution in [2.45, 2.75) is 6.92 Å². The number of ether oxygens (including phenoxy) is 1. The molecule has 20 heavy (non-hydrogen) atoms. The first-order valence-corrected chi connectivity index (χ1v) is 7.16. The average Bonchev–Trinajstić information content (AvgIpc) is 2.37. The van der Waals surface area contributed by atoms with E-state index in [9.17, 15) is 4.79 Å². The molecule has 0 aliphatic rings. The molecule has 1 amide bonds. The highest BCUT2D eigenvalue weighted by molar-refractivity contribution is 9.10. The summed E-state index contributed by atoms with van der Waals surface area (Å²) in [5.41, 5.74) is 1.77. The maximum atomic E-state index is 11.8. The van der Waals surface area contributed by atoms with Crippen molar-refractivity contribution in [3.63, 3.8) is 0 Å². The van der Waals surface area contributed by atoms with Crippen LogP contribution >= 0.6 is 27.5 Å². The first-order valence-electron chi connectivity index (χ1n) is 5.99. The van der Waals surface area contributed by atoms with Crippen LogP contribution in [0.15, 0.2) is 46.9 Å². The van der Waals surface area contributed by atoms with Crippen LogP contribution in [0.1, 0.15) is 5.56 Å². The molecule has 2 rings (SSSR count). The number of aryl methyl sites for hydroxylation is 1. The summed E-state index contributed by atoms with van der Waals surface area (Å²) in [6.45, 7) is 1.93. The van der Waals surface area contributed by atoms with Crippen LogP contribution in [0.4, 0.5) is 5.69 Å². The predicted octanol–water partition coefficient (Wildman–Crippen LogP) is 4.43. The van der Waals surface area contributed by atoms with E-state index in [4.69, 9.17) is 16.3 Å². The Morgan fingerprint density at radius 3 is 2.80 bits per heavy atom. The molecule has 104 valence electrons. The lowest BCUT2D eigenvalue weighted by molar-refractivity contribution is -0.118. The maximum Gasteiger partial charge on any atom is 0.262 e. The first-order chi connectivity index (χ1) is 9.54. The van der Waals surface area contributed by atoms with Gasteiger partial charge in [-0.05, 0) is 58.7 Å². The largest absolute Gasteiger partial charge is 0.483 e. The molecule has 5 heteroatoms. The quantitative estimate of drug-likeness (QED) is 0.882. The SMILES string of the molecule is Cc1ccc(OCC(=O)Nc2cccc(Cl)c2)c(Br)c1. The lowest BCUT2D eigenvalue weighted by Gasteiger charge is -2.09. The topological polar surface area (TPSA) is 38.3 Å². The second kappa shape index (κ2) is 6.77. The summed E-state index contributed by atoms with van der Waals surface area (Å²) >= 11 is 9.25. The van der Waals surface area contributed by atoms with Crippen molar-refractivity contribution >= 4 is 39.1 Å². The van der Waals surface area contributed by atoms with Gasteiger partial charge in [-0.3, -0.25) is 4.79 Å². The number of rotatable bonds is 4. The van der Waals surface area contributed by atoms with E-state index in [1.54, 1.807) is 24.3 Å². The smallest absolute Gasteiger partial charge is 0.262 e. The van der Waals surface area contributed by atoms with Crippen molar-refractivity contribution in [1.82, 2.24) is 0 Å². The standard InChI is InChI=1S/C15H13BrClNO2/c1-10-5-6-14(13(16)7-10)20-9-15(19)18-12-4-2-3-11(17)8-12/h2-8H,9H2,1H3,(H,18,19). The fourth-order valence-corrected chi connectivity index (χ4v) is 2.43. The van der Waals surface area contributed by atoms with Gasteiger partial charge in [0.15, 0.2) is 6.61 Å². The van der Waals surface area contributed by atoms with E-state index in [2.05, 4.69) is 21.2 Å². The number of anilines is 1. The van der Waals surface area contributed by atoms with Gasteiger partial charge in [-0.1, -0.05) is 23.7 Å². The Labute approximate surface area is 131 Å². The Balaban J connectivity index is 1.92. The number of hydrogen-bond acceptors (Lipinski definition) is 2. The summed E-state index contributed by atoms with van der Waals surface area (Å²) in [6.07, 6.45) is 0. The third-order valence-corrected chi connectivity index (χ3v) is 3.41. The van der Waals surface area contributed by atoms with E-state index in [1.165, 1.54) is 0 Å². The molecule has 0 radical (unpaired) electrons. The molecule has 1 N–H and O–H groups in total. The molecule has 0 spiro atoms. The molecule has 0 saturated carbocycles. The third kappa shape index (κ3) is 4.25. The van der Waals surface area contributed by atoms with Crippen LogP contribution in [0.3, 0.4) is 0 Å². The Hall–Kier alpha value is -1.52. The van der Waals surface area contributed by atoms with Crippen molar-refractivity contribution in [3.05, 3.63) is 57.5 Å². The molecule has 0 unspecified atom stereocenters. The minimum atomic E-state index is -0.236. The Morgan fingerprint density at radius 1 is 1.30 bits per heavy atom. The van der Waals surface area contributed by atoms with Crippen molar-refractivity contribution in [2.24, 2.45) is 0 Å². The van der Waals surface area contributed by atoms with Crippen molar-refractivity contribution in [2.75, 3.05) is 11.9 Å². The number of carbonyl (C=O) groups excluding carboxylic acids is 1. The molecule has 0 heterocycles. The van der Waals surface area contributed by atoms with Crippen molar-refractivity contribution in [1.29, 1.82) is 0 Å². The predicted molar refractivity (Wildman–Crippen MR) is 84.5 cm³/mol. The molecule has 0 atom stereocenters. The van der Waals surface area contributed by atoms with Gasteiger partial charge in [0.2, 0.25) is 0 Å². The minimum Gasteiger partial charge on any atom is -0.483 e. The molecule has 2 aromatic carbocycles. The van der Waals surface area contributed by atoms with Gasteiger partial charge in [0.25, 0.3) is 5.91 Å². The summed E-state index contributed by atoms with van der Waals surface area (Å²) in [4.78, 5) is 11.8. The molecule has 0 saturated heterocycles. The van der Waals surface area contributed by atoms with Crippen LogP contribution in [0, 0.1) is 6.92 Å². The molecule has 0 aromatic heterocycles. The van der Waals surface area contributed by atoms with Crippen LogP contribution in [0.25, 0.3) is 0 Å². The van der Waals surface area contributed by atoms with E-state index < -0.39 is 0 Å². The normalized spacial score (nSPS) is 10.2. The molecule has 0 fully saturated rings.